The molecule has 7 heteroatoms. The Kier molecular flexibility index (Phi) is 5.43. The van der Waals surface area contributed by atoms with Crippen molar-refractivity contribution in [3.05, 3.63) is 76.0 Å². The second kappa shape index (κ2) is 8.32. The van der Waals surface area contributed by atoms with Crippen LogP contribution in [0.25, 0.3) is 22.4 Å². The van der Waals surface area contributed by atoms with E-state index in [9.17, 15) is 9.59 Å². The summed E-state index contributed by atoms with van der Waals surface area (Å²) in [5, 5.41) is 4.77. The van der Waals surface area contributed by atoms with Gasteiger partial charge in [0, 0.05) is 29.5 Å². The molecule has 0 N–H and O–H groups in total. The number of carbonyl (C=O) groups excluding carboxylic acids is 1. The van der Waals surface area contributed by atoms with Crippen LogP contribution in [0.5, 0.6) is 5.75 Å². The second-order valence-electron chi connectivity index (χ2n) is 6.91. The van der Waals surface area contributed by atoms with Gasteiger partial charge in [-0.1, -0.05) is 42.4 Å². The summed E-state index contributed by atoms with van der Waals surface area (Å²) in [5.41, 5.74) is 2.48. The lowest BCUT2D eigenvalue weighted by atomic mass is 10.1. The lowest BCUT2D eigenvalue weighted by Gasteiger charge is -2.10. The number of hydrogen-bond donors (Lipinski definition) is 0. The van der Waals surface area contributed by atoms with Crippen molar-refractivity contribution in [1.82, 2.24) is 10.1 Å². The molecule has 0 aliphatic heterocycles. The molecule has 0 bridgehead atoms. The largest absolute Gasteiger partial charge is 0.426 e. The van der Waals surface area contributed by atoms with Gasteiger partial charge >= 0.3 is 11.6 Å². The minimum Gasteiger partial charge on any atom is -0.426 e. The highest BCUT2D eigenvalue weighted by atomic mass is 16.5. The van der Waals surface area contributed by atoms with Crippen molar-refractivity contribution < 1.29 is 18.5 Å². The van der Waals surface area contributed by atoms with Gasteiger partial charge in [0.25, 0.3) is 0 Å². The maximum absolute atomic E-state index is 12.4. The number of carbonyl (C=O) groups is 1. The van der Waals surface area contributed by atoms with Crippen LogP contribution in [0.2, 0.25) is 0 Å². The van der Waals surface area contributed by atoms with E-state index in [1.165, 1.54) is 6.07 Å². The molecule has 0 unspecified atom stereocenters. The summed E-state index contributed by atoms with van der Waals surface area (Å²) in [6.45, 7) is 3.81. The second-order valence-corrected chi connectivity index (χ2v) is 6.91. The number of fused-ring (bicyclic) bond motifs is 1. The molecule has 0 saturated carbocycles. The summed E-state index contributed by atoms with van der Waals surface area (Å²) in [5.74, 6) is 0.798. The quantitative estimate of drug-likeness (QED) is 0.269. The highest BCUT2D eigenvalue weighted by molar-refractivity contribution is 5.84. The Labute approximate surface area is 172 Å². The zero-order valence-electron chi connectivity index (χ0n) is 16.7. The molecule has 4 aromatic rings. The number of esters is 1. The maximum atomic E-state index is 12.4. The highest BCUT2D eigenvalue weighted by Crippen LogP contribution is 2.28. The van der Waals surface area contributed by atoms with Gasteiger partial charge in [0.15, 0.2) is 0 Å². The fourth-order valence-electron chi connectivity index (χ4n) is 3.21. The zero-order chi connectivity index (χ0) is 21.1. The molecular formula is C23H20N2O5. The highest BCUT2D eigenvalue weighted by Gasteiger charge is 2.15. The van der Waals surface area contributed by atoms with Gasteiger partial charge in [-0.3, -0.25) is 4.79 Å². The Morgan fingerprint density at radius 2 is 1.93 bits per heavy atom. The van der Waals surface area contributed by atoms with E-state index in [4.69, 9.17) is 13.7 Å². The molecule has 0 aliphatic carbocycles. The molecule has 0 spiro atoms. The molecule has 2 aromatic carbocycles. The standard InChI is InChI=1S/C23H20N2O5/c1-3-15-12-17-14(2)11-22(27)29-19(17)13-18(15)28-21(26)10-9-20-24-23(25-30-20)16-7-5-4-6-8-16/h4-8,11-13H,3,9-10H2,1-2H3. The molecule has 0 fully saturated rings. The van der Waals surface area contributed by atoms with Gasteiger partial charge in [-0.05, 0) is 30.5 Å². The molecular weight excluding hydrogens is 384 g/mol. The summed E-state index contributed by atoms with van der Waals surface area (Å²) >= 11 is 0. The van der Waals surface area contributed by atoms with Crippen LogP contribution >= 0.6 is 0 Å². The third-order valence-corrected chi connectivity index (χ3v) is 4.78. The molecule has 0 aliphatic rings. The smallest absolute Gasteiger partial charge is 0.336 e. The van der Waals surface area contributed by atoms with Crippen LogP contribution in [0.3, 0.4) is 0 Å². The SMILES string of the molecule is CCc1cc2c(C)cc(=O)oc2cc1OC(=O)CCc1nc(-c2ccccc2)no1. The summed E-state index contributed by atoms with van der Waals surface area (Å²) in [7, 11) is 0. The van der Waals surface area contributed by atoms with Gasteiger partial charge in [0.1, 0.15) is 11.3 Å². The van der Waals surface area contributed by atoms with Gasteiger partial charge in [-0.25, -0.2) is 4.79 Å². The molecule has 152 valence electrons. The first kappa shape index (κ1) is 19.6. The molecule has 0 amide bonds. The molecule has 4 rings (SSSR count). The fraction of sp³-hybridized carbons (Fsp3) is 0.217. The van der Waals surface area contributed by atoms with Crippen LogP contribution < -0.4 is 10.4 Å². The van der Waals surface area contributed by atoms with E-state index in [-0.39, 0.29) is 12.8 Å². The molecule has 0 radical (unpaired) electrons. The minimum atomic E-state index is -0.438. The van der Waals surface area contributed by atoms with Crippen LogP contribution in [-0.2, 0) is 17.6 Å². The molecule has 0 saturated heterocycles. The van der Waals surface area contributed by atoms with Crippen LogP contribution in [0, 0.1) is 6.92 Å². The van der Waals surface area contributed by atoms with Crippen LogP contribution in [0.15, 0.2) is 62.3 Å². The number of hydrogen-bond acceptors (Lipinski definition) is 7. The van der Waals surface area contributed by atoms with E-state index < -0.39 is 11.6 Å². The third kappa shape index (κ3) is 4.15. The predicted octanol–water partition coefficient (Wildman–Crippen LogP) is 4.25. The summed E-state index contributed by atoms with van der Waals surface area (Å²) < 4.78 is 16.0. The molecule has 30 heavy (non-hydrogen) atoms. The summed E-state index contributed by atoms with van der Waals surface area (Å²) in [6, 6.07) is 14.4. The van der Waals surface area contributed by atoms with Crippen LogP contribution in [-0.4, -0.2) is 16.1 Å². The van der Waals surface area contributed by atoms with Crippen molar-refractivity contribution in [3.63, 3.8) is 0 Å². The number of ether oxygens (including phenoxy) is 1. The molecule has 2 heterocycles. The van der Waals surface area contributed by atoms with Crippen molar-refractivity contribution in [2.45, 2.75) is 33.1 Å². The molecule has 0 atom stereocenters. The van der Waals surface area contributed by atoms with Crippen molar-refractivity contribution >= 4 is 16.9 Å². The monoisotopic (exact) mass is 404 g/mol. The van der Waals surface area contributed by atoms with Gasteiger partial charge in [0.05, 0.1) is 6.42 Å². The third-order valence-electron chi connectivity index (χ3n) is 4.78. The Morgan fingerprint density at radius 3 is 2.70 bits per heavy atom. The van der Waals surface area contributed by atoms with Crippen molar-refractivity contribution in [1.29, 1.82) is 0 Å². The van der Waals surface area contributed by atoms with Crippen molar-refractivity contribution in [2.24, 2.45) is 0 Å². The Hall–Kier alpha value is -3.74. The predicted molar refractivity (Wildman–Crippen MR) is 110 cm³/mol. The minimum absolute atomic E-state index is 0.0788. The van der Waals surface area contributed by atoms with Crippen molar-refractivity contribution in [3.8, 4) is 17.1 Å². The first-order chi connectivity index (χ1) is 14.5. The van der Waals surface area contributed by atoms with Crippen LogP contribution in [0.1, 0.15) is 30.4 Å². The lowest BCUT2D eigenvalue weighted by Crippen LogP contribution is -2.11. The first-order valence-corrected chi connectivity index (χ1v) is 9.69. The summed E-state index contributed by atoms with van der Waals surface area (Å²) in [6.07, 6.45) is 1.01. The van der Waals surface area contributed by atoms with Gasteiger partial charge < -0.3 is 13.7 Å². The number of rotatable bonds is 6. The first-order valence-electron chi connectivity index (χ1n) is 9.69. The van der Waals surface area contributed by atoms with Gasteiger partial charge in [0.2, 0.25) is 11.7 Å². The lowest BCUT2D eigenvalue weighted by molar-refractivity contribution is -0.134. The summed E-state index contributed by atoms with van der Waals surface area (Å²) in [4.78, 5) is 28.4. The van der Waals surface area contributed by atoms with E-state index in [1.807, 2.05) is 50.2 Å². The van der Waals surface area contributed by atoms with Gasteiger partial charge in [-0.2, -0.15) is 4.98 Å². The number of benzene rings is 2. The number of aryl methyl sites for hydroxylation is 3. The van der Waals surface area contributed by atoms with Crippen LogP contribution in [0.4, 0.5) is 0 Å². The zero-order valence-corrected chi connectivity index (χ0v) is 16.7. The average Bonchev–Trinajstić information content (AvgIpc) is 3.21. The van der Waals surface area contributed by atoms with E-state index in [2.05, 4.69) is 10.1 Å². The Bertz CT molecular complexity index is 1260. The Balaban J connectivity index is 1.47. The maximum Gasteiger partial charge on any atom is 0.336 e. The topological polar surface area (TPSA) is 95.4 Å². The number of nitrogens with zero attached hydrogens (tertiary/aromatic N) is 2. The Morgan fingerprint density at radius 1 is 1.13 bits per heavy atom. The van der Waals surface area contributed by atoms with E-state index >= 15 is 0 Å². The normalized spacial score (nSPS) is 11.0. The number of aromatic nitrogens is 2. The van der Waals surface area contributed by atoms with Crippen molar-refractivity contribution in [2.75, 3.05) is 0 Å². The van der Waals surface area contributed by atoms with E-state index in [0.717, 1.165) is 22.1 Å². The average molecular weight is 404 g/mol. The molecule has 2 aromatic heterocycles. The van der Waals surface area contributed by atoms with Gasteiger partial charge in [-0.15, -0.1) is 0 Å². The van der Waals surface area contributed by atoms with E-state index in [1.54, 1.807) is 6.07 Å². The van der Waals surface area contributed by atoms with E-state index in [0.29, 0.717) is 29.5 Å². The molecule has 7 nitrogen and oxygen atoms in total. The fourth-order valence-corrected chi connectivity index (χ4v) is 3.21.